The second kappa shape index (κ2) is 5.06. The largest absolute Gasteiger partial charge is 0.0776 e. The maximum atomic E-state index is 2.29. The highest BCUT2D eigenvalue weighted by Crippen LogP contribution is 2.20. The third-order valence-corrected chi connectivity index (χ3v) is 2.01. The number of hydrogen-bond donors (Lipinski definition) is 0. The molecule has 0 aliphatic heterocycles. The average Bonchev–Trinajstić information content (AvgIpc) is 2.02. The molecular weight excluding hydrogens is 156 g/mol. The van der Waals surface area contributed by atoms with Crippen molar-refractivity contribution in [3.05, 3.63) is 35.9 Å². The maximum Gasteiger partial charge on any atom is -0.0274 e. The molecular formula is C13H22. The van der Waals surface area contributed by atoms with Crippen molar-refractivity contribution in [2.75, 3.05) is 0 Å². The Labute approximate surface area is 83.0 Å². The number of rotatable bonds is 2. The molecule has 0 saturated heterocycles. The summed E-state index contributed by atoms with van der Waals surface area (Å²) in [4.78, 5) is 0. The van der Waals surface area contributed by atoms with E-state index in [0.717, 1.165) is 0 Å². The summed E-state index contributed by atoms with van der Waals surface area (Å²) >= 11 is 0. The Morgan fingerprint density at radius 3 is 2.00 bits per heavy atom. The average molecular weight is 178 g/mol. The van der Waals surface area contributed by atoms with E-state index >= 15 is 0 Å². The molecule has 0 aliphatic rings. The fourth-order valence-electron chi connectivity index (χ4n) is 1.16. The van der Waals surface area contributed by atoms with Crippen LogP contribution in [-0.2, 0) is 6.42 Å². The second-order valence-electron chi connectivity index (χ2n) is 4.55. The van der Waals surface area contributed by atoms with E-state index in [9.17, 15) is 0 Å². The molecule has 0 aromatic heterocycles. The molecule has 0 bridgehead atoms. The lowest BCUT2D eigenvalue weighted by atomic mass is 9.89. The van der Waals surface area contributed by atoms with Crippen molar-refractivity contribution in [3.8, 4) is 0 Å². The van der Waals surface area contributed by atoms with Gasteiger partial charge in [-0.25, -0.2) is 0 Å². The monoisotopic (exact) mass is 178 g/mol. The molecule has 0 radical (unpaired) electrons. The van der Waals surface area contributed by atoms with Gasteiger partial charge in [-0.3, -0.25) is 0 Å². The Morgan fingerprint density at radius 1 is 1.00 bits per heavy atom. The van der Waals surface area contributed by atoms with Gasteiger partial charge in [0.1, 0.15) is 0 Å². The number of hydrogen-bond acceptors (Lipinski definition) is 0. The zero-order valence-corrected chi connectivity index (χ0v) is 8.30. The smallest absolute Gasteiger partial charge is 0.0274 e. The van der Waals surface area contributed by atoms with Crippen LogP contribution in [0.3, 0.4) is 0 Å². The first-order valence-electron chi connectivity index (χ1n) is 4.62. The summed E-state index contributed by atoms with van der Waals surface area (Å²) in [6.45, 7) is 6.86. The zero-order chi connectivity index (χ0) is 9.03. The quantitative estimate of drug-likeness (QED) is 0.633. The first-order chi connectivity index (χ1) is 5.58. The predicted molar refractivity (Wildman–Crippen MR) is 60.9 cm³/mol. The minimum atomic E-state index is 0. The van der Waals surface area contributed by atoms with Gasteiger partial charge in [-0.1, -0.05) is 58.5 Å². The van der Waals surface area contributed by atoms with E-state index in [1.54, 1.807) is 0 Å². The van der Waals surface area contributed by atoms with Gasteiger partial charge in [0.25, 0.3) is 0 Å². The van der Waals surface area contributed by atoms with Gasteiger partial charge < -0.3 is 0 Å². The topological polar surface area (TPSA) is 0 Å². The van der Waals surface area contributed by atoms with E-state index in [0.29, 0.717) is 5.41 Å². The summed E-state index contributed by atoms with van der Waals surface area (Å²) in [5.41, 5.74) is 1.91. The molecule has 0 fully saturated rings. The Bertz CT molecular complexity index is 216. The molecule has 1 rings (SSSR count). The molecule has 0 spiro atoms. The van der Waals surface area contributed by atoms with Crippen LogP contribution in [-0.4, -0.2) is 0 Å². The Morgan fingerprint density at radius 2 is 1.54 bits per heavy atom. The molecule has 0 heteroatoms. The molecule has 1 aromatic carbocycles. The number of aryl methyl sites for hydroxylation is 1. The Hall–Kier alpha value is -0.780. The number of benzene rings is 1. The molecule has 0 unspecified atom stereocenters. The molecule has 0 aliphatic carbocycles. The van der Waals surface area contributed by atoms with E-state index in [1.807, 2.05) is 0 Å². The fourth-order valence-corrected chi connectivity index (χ4v) is 1.16. The highest BCUT2D eigenvalue weighted by molar-refractivity contribution is 5.14. The van der Waals surface area contributed by atoms with E-state index in [1.165, 1.54) is 18.4 Å². The molecule has 1 aromatic rings. The minimum Gasteiger partial charge on any atom is -0.0776 e. The first-order valence-corrected chi connectivity index (χ1v) is 4.62. The summed E-state index contributed by atoms with van der Waals surface area (Å²) in [6.07, 6.45) is 2.46. The van der Waals surface area contributed by atoms with Crippen molar-refractivity contribution in [2.45, 2.75) is 41.0 Å². The van der Waals surface area contributed by atoms with Gasteiger partial charge in [-0.2, -0.15) is 0 Å². The molecule has 74 valence electrons. The van der Waals surface area contributed by atoms with Crippen LogP contribution in [0.15, 0.2) is 30.3 Å². The van der Waals surface area contributed by atoms with Crippen molar-refractivity contribution in [3.63, 3.8) is 0 Å². The Kier molecular flexibility index (Phi) is 4.76. The van der Waals surface area contributed by atoms with Crippen LogP contribution in [0, 0.1) is 5.41 Å². The molecule has 0 N–H and O–H groups in total. The summed E-state index contributed by atoms with van der Waals surface area (Å²) in [5.74, 6) is 0. The molecule has 0 amide bonds. The van der Waals surface area contributed by atoms with Gasteiger partial charge in [-0.05, 0) is 23.8 Å². The Balaban J connectivity index is 0.00000144. The molecule has 0 saturated carbocycles. The van der Waals surface area contributed by atoms with E-state index < -0.39 is 0 Å². The van der Waals surface area contributed by atoms with Gasteiger partial charge in [0.2, 0.25) is 0 Å². The van der Waals surface area contributed by atoms with Crippen molar-refractivity contribution >= 4 is 0 Å². The second-order valence-corrected chi connectivity index (χ2v) is 4.55. The lowest BCUT2D eigenvalue weighted by Gasteiger charge is -2.17. The SMILES string of the molecule is C.CC(C)(C)CCc1ccccc1. The lowest BCUT2D eigenvalue weighted by molar-refractivity contribution is 0.378. The van der Waals surface area contributed by atoms with Crippen molar-refractivity contribution in [2.24, 2.45) is 5.41 Å². The predicted octanol–water partition coefficient (Wildman–Crippen LogP) is 4.30. The summed E-state index contributed by atoms with van der Waals surface area (Å²) in [6, 6.07) is 10.7. The van der Waals surface area contributed by atoms with Crippen LogP contribution in [0.2, 0.25) is 0 Å². The summed E-state index contributed by atoms with van der Waals surface area (Å²) in [7, 11) is 0. The molecule has 13 heavy (non-hydrogen) atoms. The van der Waals surface area contributed by atoms with Crippen LogP contribution in [0.4, 0.5) is 0 Å². The zero-order valence-electron chi connectivity index (χ0n) is 8.30. The standard InChI is InChI=1S/C12H18.CH4/c1-12(2,3)10-9-11-7-5-4-6-8-11;/h4-8H,9-10H2,1-3H3;1H4. The van der Waals surface area contributed by atoms with E-state index in [-0.39, 0.29) is 7.43 Å². The highest BCUT2D eigenvalue weighted by Gasteiger charge is 2.09. The van der Waals surface area contributed by atoms with Gasteiger partial charge >= 0.3 is 0 Å². The van der Waals surface area contributed by atoms with Gasteiger partial charge in [0.05, 0.1) is 0 Å². The third kappa shape index (κ3) is 5.46. The van der Waals surface area contributed by atoms with E-state index in [4.69, 9.17) is 0 Å². The molecule has 0 nitrogen and oxygen atoms in total. The van der Waals surface area contributed by atoms with Crippen molar-refractivity contribution < 1.29 is 0 Å². The lowest BCUT2D eigenvalue weighted by Crippen LogP contribution is -2.06. The van der Waals surface area contributed by atoms with Crippen molar-refractivity contribution in [1.82, 2.24) is 0 Å². The van der Waals surface area contributed by atoms with Crippen LogP contribution in [0.25, 0.3) is 0 Å². The molecule has 0 atom stereocenters. The van der Waals surface area contributed by atoms with Gasteiger partial charge in [0.15, 0.2) is 0 Å². The summed E-state index contributed by atoms with van der Waals surface area (Å²) < 4.78 is 0. The molecule has 0 heterocycles. The fraction of sp³-hybridized carbons (Fsp3) is 0.538. The van der Waals surface area contributed by atoms with E-state index in [2.05, 4.69) is 51.1 Å². The van der Waals surface area contributed by atoms with Crippen LogP contribution >= 0.6 is 0 Å². The van der Waals surface area contributed by atoms with Gasteiger partial charge in [-0.15, -0.1) is 0 Å². The van der Waals surface area contributed by atoms with Crippen LogP contribution in [0.1, 0.15) is 40.2 Å². The van der Waals surface area contributed by atoms with Crippen LogP contribution in [0.5, 0.6) is 0 Å². The summed E-state index contributed by atoms with van der Waals surface area (Å²) in [5, 5.41) is 0. The first kappa shape index (κ1) is 12.2. The van der Waals surface area contributed by atoms with Gasteiger partial charge in [0, 0.05) is 0 Å². The minimum absolute atomic E-state index is 0. The highest BCUT2D eigenvalue weighted by atomic mass is 14.1. The van der Waals surface area contributed by atoms with Crippen LogP contribution < -0.4 is 0 Å². The normalized spacial score (nSPS) is 10.7. The maximum absolute atomic E-state index is 2.29. The van der Waals surface area contributed by atoms with Crippen molar-refractivity contribution in [1.29, 1.82) is 0 Å². The third-order valence-electron chi connectivity index (χ3n) is 2.01.